The molecule has 0 spiro atoms. The molecule has 1 aromatic carbocycles. The average molecular weight is 264 g/mol. The van der Waals surface area contributed by atoms with Crippen molar-refractivity contribution < 1.29 is 14.3 Å². The van der Waals surface area contributed by atoms with Crippen LogP contribution in [0.3, 0.4) is 0 Å². The summed E-state index contributed by atoms with van der Waals surface area (Å²) in [5.74, 6) is 0.522. The van der Waals surface area contributed by atoms with Crippen LogP contribution in [-0.4, -0.2) is 30.7 Å². The molecule has 5 heteroatoms. The van der Waals surface area contributed by atoms with Gasteiger partial charge in [0.1, 0.15) is 5.75 Å². The van der Waals surface area contributed by atoms with Gasteiger partial charge in [0.05, 0.1) is 18.8 Å². The zero-order chi connectivity index (χ0) is 14.0. The second-order valence-electron chi connectivity index (χ2n) is 4.78. The number of benzene rings is 1. The van der Waals surface area contributed by atoms with Crippen molar-refractivity contribution in [2.45, 2.75) is 32.6 Å². The number of nitrogens with zero attached hydrogens (tertiary/aromatic N) is 1. The minimum atomic E-state index is -0.365. The van der Waals surface area contributed by atoms with Gasteiger partial charge in [-0.05, 0) is 37.1 Å². The number of amides is 1. The molecule has 0 saturated carbocycles. The van der Waals surface area contributed by atoms with Gasteiger partial charge in [-0.2, -0.15) is 0 Å². The lowest BCUT2D eigenvalue weighted by Gasteiger charge is -2.29. The predicted molar refractivity (Wildman–Crippen MR) is 71.9 cm³/mol. The van der Waals surface area contributed by atoms with Crippen LogP contribution < -0.4 is 10.5 Å². The van der Waals surface area contributed by atoms with E-state index in [-0.39, 0.29) is 18.2 Å². The Morgan fingerprint density at radius 3 is 3.00 bits per heavy atom. The topological polar surface area (TPSA) is 64.8 Å². The summed E-state index contributed by atoms with van der Waals surface area (Å²) < 4.78 is 10.9. The van der Waals surface area contributed by atoms with Crippen LogP contribution in [-0.2, 0) is 11.3 Å². The number of fused-ring (bicyclic) bond motifs is 1. The van der Waals surface area contributed by atoms with E-state index in [1.165, 1.54) is 4.90 Å². The number of nitrogens with two attached hydrogens (primary N) is 1. The van der Waals surface area contributed by atoms with E-state index in [9.17, 15) is 4.79 Å². The molecule has 0 radical (unpaired) electrons. The minimum absolute atomic E-state index is 0.0308. The van der Waals surface area contributed by atoms with Crippen LogP contribution >= 0.6 is 0 Å². The Balaban J connectivity index is 2.19. The van der Waals surface area contributed by atoms with Gasteiger partial charge >= 0.3 is 6.09 Å². The Hall–Kier alpha value is -1.59. The van der Waals surface area contributed by atoms with Crippen molar-refractivity contribution in [2.24, 2.45) is 5.73 Å². The lowest BCUT2D eigenvalue weighted by molar-refractivity contribution is 0.0213. The highest BCUT2D eigenvalue weighted by Gasteiger charge is 2.24. The predicted octanol–water partition coefficient (Wildman–Crippen LogP) is 2.06. The van der Waals surface area contributed by atoms with Crippen molar-refractivity contribution in [1.29, 1.82) is 0 Å². The van der Waals surface area contributed by atoms with Crippen molar-refractivity contribution in [3.8, 4) is 5.75 Å². The summed E-state index contributed by atoms with van der Waals surface area (Å²) in [7, 11) is 1.70. The second-order valence-corrected chi connectivity index (χ2v) is 4.78. The van der Waals surface area contributed by atoms with Gasteiger partial charge in [-0.3, -0.25) is 0 Å². The van der Waals surface area contributed by atoms with Crippen molar-refractivity contribution in [3.05, 3.63) is 29.3 Å². The van der Waals surface area contributed by atoms with Gasteiger partial charge in [0.2, 0.25) is 0 Å². The number of hydrogen-bond acceptors (Lipinski definition) is 4. The maximum atomic E-state index is 11.7. The van der Waals surface area contributed by atoms with Gasteiger partial charge in [0, 0.05) is 13.6 Å². The van der Waals surface area contributed by atoms with Crippen molar-refractivity contribution in [1.82, 2.24) is 4.90 Å². The molecule has 0 fully saturated rings. The highest BCUT2D eigenvalue weighted by molar-refractivity contribution is 5.70. The van der Waals surface area contributed by atoms with E-state index in [2.05, 4.69) is 0 Å². The summed E-state index contributed by atoms with van der Waals surface area (Å²) in [6, 6.07) is 5.31. The number of rotatable bonds is 2. The van der Waals surface area contributed by atoms with Gasteiger partial charge < -0.3 is 20.1 Å². The van der Waals surface area contributed by atoms with Crippen molar-refractivity contribution >= 4 is 6.09 Å². The van der Waals surface area contributed by atoms with Gasteiger partial charge in [0.25, 0.3) is 0 Å². The first-order chi connectivity index (χ1) is 9.02. The molecule has 19 heavy (non-hydrogen) atoms. The Bertz CT molecular complexity index is 476. The summed E-state index contributed by atoms with van der Waals surface area (Å²) in [4.78, 5) is 13.2. The molecule has 0 saturated heterocycles. The van der Waals surface area contributed by atoms with E-state index >= 15 is 0 Å². The Labute approximate surface area is 113 Å². The normalized spacial score (nSPS) is 21.7. The van der Waals surface area contributed by atoms with Gasteiger partial charge in [-0.15, -0.1) is 0 Å². The minimum Gasteiger partial charge on any atom is -0.410 e. The van der Waals surface area contributed by atoms with Gasteiger partial charge in [-0.1, -0.05) is 6.07 Å². The zero-order valence-corrected chi connectivity index (χ0v) is 11.6. The maximum absolute atomic E-state index is 11.7. The molecule has 0 aliphatic carbocycles. The molecule has 5 nitrogen and oxygen atoms in total. The lowest BCUT2D eigenvalue weighted by Crippen LogP contribution is -2.32. The van der Waals surface area contributed by atoms with E-state index < -0.39 is 0 Å². The number of carbonyl (C=O) groups excluding carboxylic acids is 1. The van der Waals surface area contributed by atoms with E-state index in [4.69, 9.17) is 15.2 Å². The van der Waals surface area contributed by atoms with E-state index in [0.717, 1.165) is 11.1 Å². The largest absolute Gasteiger partial charge is 0.414 e. The SMILES string of the molecule is CCN(C)C(=O)Oc1ccc2c(c1)C(N)[C@@H](C)OC2. The average Bonchev–Trinajstić information content (AvgIpc) is 2.42. The van der Waals surface area contributed by atoms with Crippen LogP contribution in [0.2, 0.25) is 0 Å². The first kappa shape index (κ1) is 13.8. The van der Waals surface area contributed by atoms with Gasteiger partial charge in [-0.25, -0.2) is 4.79 Å². The van der Waals surface area contributed by atoms with Gasteiger partial charge in [0.15, 0.2) is 0 Å². The first-order valence-corrected chi connectivity index (χ1v) is 6.46. The standard InChI is InChI=1S/C14H20N2O3/c1-4-16(3)14(17)19-11-6-5-10-8-18-9(2)13(15)12(10)7-11/h5-7,9,13H,4,8,15H2,1-3H3/t9-,13?/m1/s1. The molecule has 2 rings (SSSR count). The second kappa shape index (κ2) is 5.59. The first-order valence-electron chi connectivity index (χ1n) is 6.46. The molecule has 0 aromatic heterocycles. The van der Waals surface area contributed by atoms with Crippen LogP contribution in [0.4, 0.5) is 4.79 Å². The number of hydrogen-bond donors (Lipinski definition) is 1. The van der Waals surface area contributed by atoms with E-state index in [1.54, 1.807) is 13.1 Å². The summed E-state index contributed by atoms with van der Waals surface area (Å²) in [6.45, 7) is 4.99. The van der Waals surface area contributed by atoms with E-state index in [0.29, 0.717) is 18.9 Å². The zero-order valence-electron chi connectivity index (χ0n) is 11.6. The molecule has 0 bridgehead atoms. The molecular weight excluding hydrogens is 244 g/mol. The molecule has 2 N–H and O–H groups in total. The van der Waals surface area contributed by atoms with Crippen LogP contribution in [0.25, 0.3) is 0 Å². The fraction of sp³-hybridized carbons (Fsp3) is 0.500. The third-order valence-electron chi connectivity index (χ3n) is 3.48. The highest BCUT2D eigenvalue weighted by Crippen LogP contribution is 2.30. The quantitative estimate of drug-likeness (QED) is 0.888. The van der Waals surface area contributed by atoms with Crippen LogP contribution in [0.1, 0.15) is 31.0 Å². The molecule has 1 aromatic rings. The summed E-state index contributed by atoms with van der Waals surface area (Å²) in [5, 5.41) is 0. The number of carbonyl (C=O) groups is 1. The van der Waals surface area contributed by atoms with E-state index in [1.807, 2.05) is 26.0 Å². The third kappa shape index (κ3) is 2.88. The molecule has 1 aliphatic rings. The molecule has 104 valence electrons. The molecule has 2 atom stereocenters. The maximum Gasteiger partial charge on any atom is 0.414 e. The van der Waals surface area contributed by atoms with Crippen LogP contribution in [0.15, 0.2) is 18.2 Å². The molecule has 1 unspecified atom stereocenters. The smallest absolute Gasteiger partial charge is 0.410 e. The fourth-order valence-corrected chi connectivity index (χ4v) is 1.96. The summed E-state index contributed by atoms with van der Waals surface area (Å²) in [6.07, 6.45) is -0.395. The Kier molecular flexibility index (Phi) is 4.07. The van der Waals surface area contributed by atoms with Crippen LogP contribution in [0, 0.1) is 0 Å². The molecular formula is C14H20N2O3. The third-order valence-corrected chi connectivity index (χ3v) is 3.48. The highest BCUT2D eigenvalue weighted by atomic mass is 16.6. The fourth-order valence-electron chi connectivity index (χ4n) is 1.96. The van der Waals surface area contributed by atoms with Crippen molar-refractivity contribution in [3.63, 3.8) is 0 Å². The molecule has 1 aliphatic heterocycles. The monoisotopic (exact) mass is 264 g/mol. The summed E-state index contributed by atoms with van der Waals surface area (Å²) >= 11 is 0. The summed E-state index contributed by atoms with van der Waals surface area (Å²) in [5.41, 5.74) is 8.14. The number of ether oxygens (including phenoxy) is 2. The molecule has 1 heterocycles. The lowest BCUT2D eigenvalue weighted by atomic mass is 9.95. The van der Waals surface area contributed by atoms with Crippen molar-refractivity contribution in [2.75, 3.05) is 13.6 Å². The Morgan fingerprint density at radius 1 is 1.58 bits per heavy atom. The van der Waals surface area contributed by atoms with Crippen LogP contribution in [0.5, 0.6) is 5.75 Å². The molecule has 1 amide bonds. The Morgan fingerprint density at radius 2 is 2.32 bits per heavy atom.